The van der Waals surface area contributed by atoms with E-state index in [2.05, 4.69) is 6.92 Å². The lowest BCUT2D eigenvalue weighted by Gasteiger charge is -2.22. The summed E-state index contributed by atoms with van der Waals surface area (Å²) in [6, 6.07) is 9.89. The Morgan fingerprint density at radius 3 is 2.26 bits per heavy atom. The third-order valence-corrected chi connectivity index (χ3v) is 5.10. The number of ether oxygens (including phenoxy) is 6. The minimum atomic E-state index is -0.00340. The summed E-state index contributed by atoms with van der Waals surface area (Å²) in [7, 11) is 4.83. The molecule has 0 saturated heterocycles. The van der Waals surface area contributed by atoms with E-state index in [1.54, 1.807) is 27.4 Å². The second kappa shape index (κ2) is 15.2. The Morgan fingerprint density at radius 1 is 0.882 bits per heavy atom. The molecule has 7 nitrogen and oxygen atoms in total. The molecule has 2 aromatic carbocycles. The number of hydrogen-bond donors (Lipinski definition) is 0. The van der Waals surface area contributed by atoms with Crippen molar-refractivity contribution in [2.75, 3.05) is 54.7 Å². The van der Waals surface area contributed by atoms with Crippen LogP contribution in [-0.2, 0) is 36.6 Å². The van der Waals surface area contributed by atoms with Crippen LogP contribution in [0.4, 0.5) is 0 Å². The van der Waals surface area contributed by atoms with E-state index >= 15 is 0 Å². The maximum absolute atomic E-state index is 11.4. The molecule has 0 aliphatic rings. The standard InChI is InChI=1S/C27H36O7/c1-6-23-24(12-13-32-15-14-29-3)27(22-9-7-8-21(16-22)11-10-20(2)28)26(34-19-31-5)17-25(23)33-18-30-4/h7-11,16-17H,6,12-15,18-19H2,1-5H3. The van der Waals surface area contributed by atoms with Gasteiger partial charge in [-0.3, -0.25) is 4.79 Å². The zero-order valence-electron chi connectivity index (χ0n) is 20.8. The van der Waals surface area contributed by atoms with Gasteiger partial charge in [0, 0.05) is 33.0 Å². The molecule has 0 N–H and O–H groups in total. The molecule has 0 aliphatic heterocycles. The molecule has 2 rings (SSSR count). The van der Waals surface area contributed by atoms with Crippen molar-refractivity contribution in [1.82, 2.24) is 0 Å². The van der Waals surface area contributed by atoms with Crippen LogP contribution in [0.5, 0.6) is 11.5 Å². The lowest BCUT2D eigenvalue weighted by molar-refractivity contribution is -0.112. The molecule has 0 aliphatic carbocycles. The highest BCUT2D eigenvalue weighted by molar-refractivity contribution is 5.91. The molecule has 186 valence electrons. The van der Waals surface area contributed by atoms with Gasteiger partial charge in [-0.05, 0) is 54.2 Å². The lowest BCUT2D eigenvalue weighted by atomic mass is 9.90. The Labute approximate surface area is 202 Å². The molecular weight excluding hydrogens is 436 g/mol. The number of hydrogen-bond acceptors (Lipinski definition) is 7. The van der Waals surface area contributed by atoms with Gasteiger partial charge in [0.15, 0.2) is 19.4 Å². The number of benzene rings is 2. The molecule has 0 fully saturated rings. The monoisotopic (exact) mass is 472 g/mol. The molecule has 0 radical (unpaired) electrons. The van der Waals surface area contributed by atoms with Crippen molar-refractivity contribution in [3.05, 3.63) is 53.1 Å². The van der Waals surface area contributed by atoms with E-state index in [-0.39, 0.29) is 19.4 Å². The van der Waals surface area contributed by atoms with Crippen molar-refractivity contribution < 1.29 is 33.2 Å². The van der Waals surface area contributed by atoms with Crippen LogP contribution in [0.15, 0.2) is 36.4 Å². The molecule has 0 heterocycles. The van der Waals surface area contributed by atoms with Gasteiger partial charge >= 0.3 is 0 Å². The zero-order chi connectivity index (χ0) is 24.8. The van der Waals surface area contributed by atoms with Crippen molar-refractivity contribution in [2.45, 2.75) is 26.7 Å². The number of ketones is 1. The molecule has 2 aromatic rings. The second-order valence-corrected chi connectivity index (χ2v) is 7.58. The Kier molecular flexibility index (Phi) is 12.3. The van der Waals surface area contributed by atoms with Crippen LogP contribution in [-0.4, -0.2) is 60.5 Å². The first-order valence-electron chi connectivity index (χ1n) is 11.3. The van der Waals surface area contributed by atoms with E-state index in [0.29, 0.717) is 37.7 Å². The van der Waals surface area contributed by atoms with E-state index in [1.165, 1.54) is 6.92 Å². The molecule has 0 atom stereocenters. The largest absolute Gasteiger partial charge is 0.467 e. The van der Waals surface area contributed by atoms with E-state index in [1.807, 2.05) is 36.4 Å². The average molecular weight is 473 g/mol. The quantitative estimate of drug-likeness (QED) is 0.199. The van der Waals surface area contributed by atoms with Gasteiger partial charge in [-0.25, -0.2) is 0 Å². The summed E-state index contributed by atoms with van der Waals surface area (Å²) in [5.74, 6) is 1.35. The van der Waals surface area contributed by atoms with E-state index < -0.39 is 0 Å². The summed E-state index contributed by atoms with van der Waals surface area (Å²) in [6.45, 7) is 5.43. The molecule has 0 saturated carbocycles. The van der Waals surface area contributed by atoms with Gasteiger partial charge in [-0.15, -0.1) is 0 Å². The fourth-order valence-electron chi connectivity index (χ4n) is 3.62. The Morgan fingerprint density at radius 2 is 1.62 bits per heavy atom. The molecule has 0 aromatic heterocycles. The average Bonchev–Trinajstić information content (AvgIpc) is 2.84. The van der Waals surface area contributed by atoms with Crippen LogP contribution < -0.4 is 9.47 Å². The molecule has 34 heavy (non-hydrogen) atoms. The summed E-state index contributed by atoms with van der Waals surface area (Å²) in [4.78, 5) is 11.4. The van der Waals surface area contributed by atoms with Crippen molar-refractivity contribution in [3.8, 4) is 22.6 Å². The smallest absolute Gasteiger partial charge is 0.188 e. The van der Waals surface area contributed by atoms with Crippen LogP contribution in [0.2, 0.25) is 0 Å². The van der Waals surface area contributed by atoms with Crippen LogP contribution in [0.3, 0.4) is 0 Å². The fraction of sp³-hybridized carbons (Fsp3) is 0.444. The van der Waals surface area contributed by atoms with E-state index in [0.717, 1.165) is 34.2 Å². The summed E-state index contributed by atoms with van der Waals surface area (Å²) >= 11 is 0. The number of carbonyl (C=O) groups is 1. The van der Waals surface area contributed by atoms with Gasteiger partial charge in [0.1, 0.15) is 11.5 Å². The number of allylic oxidation sites excluding steroid dienone is 1. The molecule has 7 heteroatoms. The molecule has 0 unspecified atom stereocenters. The van der Waals surface area contributed by atoms with Crippen molar-refractivity contribution >= 4 is 11.9 Å². The molecule has 0 amide bonds. The maximum Gasteiger partial charge on any atom is 0.188 e. The van der Waals surface area contributed by atoms with Crippen molar-refractivity contribution in [1.29, 1.82) is 0 Å². The predicted octanol–water partition coefficient (Wildman–Crippen LogP) is 4.69. The first-order valence-corrected chi connectivity index (χ1v) is 11.3. The highest BCUT2D eigenvalue weighted by Crippen LogP contribution is 2.41. The van der Waals surface area contributed by atoms with Gasteiger partial charge in [-0.1, -0.05) is 31.2 Å². The van der Waals surface area contributed by atoms with Gasteiger partial charge in [-0.2, -0.15) is 0 Å². The third-order valence-electron chi connectivity index (χ3n) is 5.10. The number of rotatable bonds is 16. The van der Waals surface area contributed by atoms with Gasteiger partial charge in [0.05, 0.1) is 19.8 Å². The van der Waals surface area contributed by atoms with Gasteiger partial charge in [0.25, 0.3) is 0 Å². The van der Waals surface area contributed by atoms with Gasteiger partial charge in [0.2, 0.25) is 0 Å². The summed E-state index contributed by atoms with van der Waals surface area (Å²) in [5, 5.41) is 0. The molecule has 0 bridgehead atoms. The number of methoxy groups -OCH3 is 3. The summed E-state index contributed by atoms with van der Waals surface area (Å²) < 4.78 is 33.1. The highest BCUT2D eigenvalue weighted by Gasteiger charge is 2.21. The van der Waals surface area contributed by atoms with Crippen LogP contribution in [0, 0.1) is 0 Å². The van der Waals surface area contributed by atoms with Crippen molar-refractivity contribution in [2.24, 2.45) is 0 Å². The van der Waals surface area contributed by atoms with Crippen LogP contribution in [0.25, 0.3) is 17.2 Å². The minimum absolute atomic E-state index is 0.00340. The zero-order valence-corrected chi connectivity index (χ0v) is 20.8. The molecular formula is C27H36O7. The topological polar surface area (TPSA) is 72.5 Å². The Balaban J connectivity index is 2.63. The summed E-state index contributed by atoms with van der Waals surface area (Å²) in [5.41, 5.74) is 4.98. The SMILES string of the molecule is CCc1c(OCOC)cc(OCOC)c(-c2cccc(C=CC(C)=O)c2)c1CCOCCOC. The minimum Gasteiger partial charge on any atom is -0.467 e. The normalized spacial score (nSPS) is 11.2. The Hall–Kier alpha value is -2.71. The van der Waals surface area contributed by atoms with E-state index in [4.69, 9.17) is 28.4 Å². The fourth-order valence-corrected chi connectivity index (χ4v) is 3.62. The first kappa shape index (κ1) is 27.5. The van der Waals surface area contributed by atoms with E-state index in [9.17, 15) is 4.79 Å². The number of carbonyl (C=O) groups excluding carboxylic acids is 1. The van der Waals surface area contributed by atoms with Crippen LogP contribution in [0.1, 0.15) is 30.5 Å². The Bertz CT molecular complexity index is 937. The first-order chi connectivity index (χ1) is 16.5. The molecule has 0 spiro atoms. The second-order valence-electron chi connectivity index (χ2n) is 7.58. The summed E-state index contributed by atoms with van der Waals surface area (Å²) in [6.07, 6.45) is 4.79. The third kappa shape index (κ3) is 8.25. The lowest BCUT2D eigenvalue weighted by Crippen LogP contribution is -2.11. The van der Waals surface area contributed by atoms with Gasteiger partial charge < -0.3 is 28.4 Å². The van der Waals surface area contributed by atoms with Crippen molar-refractivity contribution in [3.63, 3.8) is 0 Å². The predicted molar refractivity (Wildman–Crippen MR) is 132 cm³/mol. The highest BCUT2D eigenvalue weighted by atomic mass is 16.7. The van der Waals surface area contributed by atoms with Crippen LogP contribution >= 0.6 is 0 Å². The maximum atomic E-state index is 11.4.